The fraction of sp³-hybridized carbons (Fsp3) is 0.526. The molecule has 26 heavy (non-hydrogen) atoms. The molecule has 7 heteroatoms. The van der Waals surface area contributed by atoms with Gasteiger partial charge in [0.15, 0.2) is 5.82 Å². The van der Waals surface area contributed by atoms with Crippen LogP contribution in [-0.4, -0.2) is 53.1 Å². The number of aryl methyl sites for hydroxylation is 1. The number of aromatic nitrogens is 3. The molecule has 0 unspecified atom stereocenters. The Morgan fingerprint density at radius 1 is 1.23 bits per heavy atom. The number of hydrogen-bond acceptors (Lipinski definition) is 6. The lowest BCUT2D eigenvalue weighted by atomic mass is 10.0. The molecule has 3 heterocycles. The van der Waals surface area contributed by atoms with Crippen molar-refractivity contribution < 1.29 is 4.74 Å². The van der Waals surface area contributed by atoms with E-state index in [0.29, 0.717) is 11.1 Å². The van der Waals surface area contributed by atoms with E-state index < -0.39 is 0 Å². The average Bonchev–Trinajstić information content (AvgIpc) is 2.65. The van der Waals surface area contributed by atoms with Crippen molar-refractivity contribution in [3.05, 3.63) is 40.6 Å². The molecule has 0 saturated carbocycles. The smallest absolute Gasteiger partial charge is 0.150 e. The van der Waals surface area contributed by atoms with E-state index in [9.17, 15) is 0 Å². The van der Waals surface area contributed by atoms with Gasteiger partial charge in [0.25, 0.3) is 0 Å². The lowest BCUT2D eigenvalue weighted by Gasteiger charge is -2.37. The number of nitrogens with zero attached hydrogens (tertiary/aromatic N) is 5. The van der Waals surface area contributed by atoms with E-state index in [-0.39, 0.29) is 0 Å². The summed E-state index contributed by atoms with van der Waals surface area (Å²) in [7, 11) is 3.78. The minimum atomic E-state index is 0.431. The van der Waals surface area contributed by atoms with Crippen LogP contribution in [0.5, 0.6) is 5.75 Å². The highest BCUT2D eigenvalue weighted by molar-refractivity contribution is 6.32. The average molecular weight is 376 g/mol. The molecule has 0 aliphatic carbocycles. The summed E-state index contributed by atoms with van der Waals surface area (Å²) in [4.78, 5) is 17.6. The molecule has 0 bridgehead atoms. The first-order chi connectivity index (χ1) is 12.5. The van der Waals surface area contributed by atoms with Crippen molar-refractivity contribution in [1.82, 2.24) is 19.9 Å². The van der Waals surface area contributed by atoms with E-state index in [0.717, 1.165) is 60.9 Å². The molecule has 1 saturated heterocycles. The first kappa shape index (κ1) is 18.9. The van der Waals surface area contributed by atoms with Gasteiger partial charge in [-0.3, -0.25) is 9.88 Å². The highest BCUT2D eigenvalue weighted by Crippen LogP contribution is 2.28. The predicted octanol–water partition coefficient (Wildman–Crippen LogP) is 3.25. The Hall–Kier alpha value is -1.92. The third-order valence-corrected chi connectivity index (χ3v) is 5.48. The lowest BCUT2D eigenvalue weighted by molar-refractivity contribution is 0.200. The SMILES string of the molecule is COc1c(C)cnc(CN2CCC(N(C)c3ncncc3Cl)CC2)c1C. The van der Waals surface area contributed by atoms with E-state index in [1.807, 2.05) is 13.1 Å². The Morgan fingerprint density at radius 2 is 1.96 bits per heavy atom. The maximum absolute atomic E-state index is 6.24. The van der Waals surface area contributed by atoms with Crippen LogP contribution < -0.4 is 9.64 Å². The van der Waals surface area contributed by atoms with Gasteiger partial charge in [0.1, 0.15) is 17.1 Å². The van der Waals surface area contributed by atoms with Crippen molar-refractivity contribution >= 4 is 17.4 Å². The van der Waals surface area contributed by atoms with E-state index in [4.69, 9.17) is 16.3 Å². The fourth-order valence-electron chi connectivity index (χ4n) is 3.65. The van der Waals surface area contributed by atoms with E-state index in [2.05, 4.69) is 38.7 Å². The maximum atomic E-state index is 6.24. The highest BCUT2D eigenvalue weighted by atomic mass is 35.5. The van der Waals surface area contributed by atoms with Crippen LogP contribution in [0.15, 0.2) is 18.7 Å². The topological polar surface area (TPSA) is 54.4 Å². The van der Waals surface area contributed by atoms with Crippen molar-refractivity contribution in [2.75, 3.05) is 32.1 Å². The fourth-order valence-corrected chi connectivity index (χ4v) is 3.88. The molecule has 0 spiro atoms. The number of anilines is 1. The zero-order chi connectivity index (χ0) is 18.7. The molecule has 2 aromatic heterocycles. The lowest BCUT2D eigenvalue weighted by Crippen LogP contribution is -2.43. The molecule has 3 rings (SSSR count). The first-order valence-electron chi connectivity index (χ1n) is 8.91. The van der Waals surface area contributed by atoms with Gasteiger partial charge in [-0.1, -0.05) is 11.6 Å². The Balaban J connectivity index is 1.62. The second-order valence-corrected chi connectivity index (χ2v) is 7.27. The number of methoxy groups -OCH3 is 1. The third kappa shape index (κ3) is 3.91. The molecule has 1 fully saturated rings. The van der Waals surface area contributed by atoms with Crippen molar-refractivity contribution in [2.24, 2.45) is 0 Å². The zero-order valence-electron chi connectivity index (χ0n) is 15.9. The number of rotatable bonds is 5. The zero-order valence-corrected chi connectivity index (χ0v) is 16.6. The molecule has 0 N–H and O–H groups in total. The Morgan fingerprint density at radius 3 is 2.62 bits per heavy atom. The van der Waals surface area contributed by atoms with Crippen molar-refractivity contribution in [1.29, 1.82) is 0 Å². The van der Waals surface area contributed by atoms with E-state index in [1.165, 1.54) is 0 Å². The number of piperidine rings is 1. The monoisotopic (exact) mass is 375 g/mol. The van der Waals surface area contributed by atoms with Crippen LogP contribution in [0.1, 0.15) is 29.7 Å². The molecule has 0 aromatic carbocycles. The maximum Gasteiger partial charge on any atom is 0.150 e. The molecule has 1 aliphatic heterocycles. The summed E-state index contributed by atoms with van der Waals surface area (Å²) >= 11 is 6.24. The number of halogens is 1. The van der Waals surface area contributed by atoms with E-state index in [1.54, 1.807) is 19.6 Å². The summed E-state index contributed by atoms with van der Waals surface area (Å²) in [5.41, 5.74) is 3.31. The van der Waals surface area contributed by atoms with Gasteiger partial charge in [-0.25, -0.2) is 9.97 Å². The Labute approximate surface area is 160 Å². The molecular weight excluding hydrogens is 350 g/mol. The number of ether oxygens (including phenoxy) is 1. The van der Waals surface area contributed by atoms with Gasteiger partial charge in [-0.05, 0) is 26.7 Å². The number of pyridine rings is 1. The van der Waals surface area contributed by atoms with Gasteiger partial charge in [-0.2, -0.15) is 0 Å². The van der Waals surface area contributed by atoms with E-state index >= 15 is 0 Å². The van der Waals surface area contributed by atoms with Crippen molar-refractivity contribution in [2.45, 2.75) is 39.3 Å². The highest BCUT2D eigenvalue weighted by Gasteiger charge is 2.25. The molecular formula is C19H26ClN5O. The molecule has 0 amide bonds. The van der Waals surface area contributed by atoms with Crippen LogP contribution in [0.2, 0.25) is 5.02 Å². The molecule has 140 valence electrons. The summed E-state index contributed by atoms with van der Waals surface area (Å²) in [5.74, 6) is 1.75. The number of hydrogen-bond donors (Lipinski definition) is 0. The third-order valence-electron chi connectivity index (χ3n) is 5.21. The van der Waals surface area contributed by atoms with Crippen LogP contribution in [0.3, 0.4) is 0 Å². The first-order valence-corrected chi connectivity index (χ1v) is 9.28. The van der Waals surface area contributed by atoms with Crippen LogP contribution in [0, 0.1) is 13.8 Å². The van der Waals surface area contributed by atoms with Gasteiger partial charge >= 0.3 is 0 Å². The van der Waals surface area contributed by atoms with Gasteiger partial charge in [0.2, 0.25) is 0 Å². The summed E-state index contributed by atoms with van der Waals surface area (Å²) in [6.45, 7) is 7.02. The van der Waals surface area contributed by atoms with Crippen molar-refractivity contribution in [3.8, 4) is 5.75 Å². The summed E-state index contributed by atoms with van der Waals surface area (Å²) in [6, 6.07) is 0.431. The van der Waals surface area contributed by atoms with Crippen LogP contribution >= 0.6 is 11.6 Å². The standard InChI is InChI=1S/C19H26ClN5O/c1-13-9-22-17(14(2)18(13)26-4)11-25-7-5-15(6-8-25)24(3)19-16(20)10-21-12-23-19/h9-10,12,15H,5-8,11H2,1-4H3. The van der Waals surface area contributed by atoms with Gasteiger partial charge in [0.05, 0.1) is 19.0 Å². The molecule has 0 atom stereocenters. The van der Waals surface area contributed by atoms with Gasteiger partial charge in [-0.15, -0.1) is 0 Å². The molecule has 1 aliphatic rings. The summed E-state index contributed by atoms with van der Waals surface area (Å²) in [6.07, 6.45) is 7.23. The quantitative estimate of drug-likeness (QED) is 0.799. The number of likely N-dealkylation sites (tertiary alicyclic amines) is 1. The summed E-state index contributed by atoms with van der Waals surface area (Å²) < 4.78 is 5.52. The second-order valence-electron chi connectivity index (χ2n) is 6.86. The largest absolute Gasteiger partial charge is 0.496 e. The minimum Gasteiger partial charge on any atom is -0.496 e. The molecule has 6 nitrogen and oxygen atoms in total. The Kier molecular flexibility index (Phi) is 5.94. The Bertz CT molecular complexity index is 762. The molecule has 0 radical (unpaired) electrons. The minimum absolute atomic E-state index is 0.431. The second kappa shape index (κ2) is 8.18. The van der Waals surface area contributed by atoms with Gasteiger partial charge < -0.3 is 9.64 Å². The van der Waals surface area contributed by atoms with Crippen LogP contribution in [0.4, 0.5) is 5.82 Å². The van der Waals surface area contributed by atoms with Crippen LogP contribution in [-0.2, 0) is 6.54 Å². The predicted molar refractivity (Wildman–Crippen MR) is 104 cm³/mol. The normalized spacial score (nSPS) is 15.9. The van der Waals surface area contributed by atoms with Crippen molar-refractivity contribution in [3.63, 3.8) is 0 Å². The molecule has 2 aromatic rings. The van der Waals surface area contributed by atoms with Gasteiger partial charge in [0, 0.05) is 50.0 Å². The van der Waals surface area contributed by atoms with Crippen LogP contribution in [0.25, 0.3) is 0 Å². The summed E-state index contributed by atoms with van der Waals surface area (Å²) in [5, 5.41) is 0.601.